The zero-order valence-corrected chi connectivity index (χ0v) is 32.9. The third-order valence-electron chi connectivity index (χ3n) is 8.98. The van der Waals surface area contributed by atoms with Gasteiger partial charge in [0.15, 0.2) is 0 Å². The van der Waals surface area contributed by atoms with Crippen LogP contribution in [0.25, 0.3) is 0 Å². The van der Waals surface area contributed by atoms with E-state index >= 15 is 0 Å². The molecule has 0 fully saturated rings. The van der Waals surface area contributed by atoms with Gasteiger partial charge in [0.1, 0.15) is 32.8 Å². The number of phenols is 3. The lowest BCUT2D eigenvalue weighted by Crippen LogP contribution is -2.14. The fourth-order valence-corrected chi connectivity index (χ4v) is 9.79. The van der Waals surface area contributed by atoms with Crippen molar-refractivity contribution in [3.05, 3.63) is 123 Å². The maximum Gasteiger partial charge on any atom is 0.294 e. The topological polar surface area (TPSA) is 304 Å². The molecule has 0 saturated carbocycles. The molecule has 1 unspecified atom stereocenters. The second-order valence-corrected chi connectivity index (χ2v) is 20.5. The maximum atomic E-state index is 14.1. The van der Waals surface area contributed by atoms with Crippen LogP contribution >= 0.6 is 0 Å². The Labute approximate surface area is 326 Å². The Hall–Kier alpha value is -5.04. The molecule has 22 heteroatoms. The molecule has 5 aromatic rings. The predicted octanol–water partition coefficient (Wildman–Crippen LogP) is 3.54. The minimum Gasteiger partial charge on any atom is -0.507 e. The van der Waals surface area contributed by atoms with Crippen LogP contribution in [0.5, 0.6) is 23.0 Å². The fraction of sp³-hybridized carbons (Fsp3) is 0.114. The molecule has 6 rings (SSSR count). The van der Waals surface area contributed by atoms with E-state index in [0.717, 1.165) is 48.5 Å². The van der Waals surface area contributed by atoms with Crippen molar-refractivity contribution in [2.24, 2.45) is 0 Å². The van der Waals surface area contributed by atoms with Crippen LogP contribution in [-0.2, 0) is 76.0 Å². The molecular formula is C35H30O17S5. The van der Waals surface area contributed by atoms with Gasteiger partial charge >= 0.3 is 0 Å². The number of fused-ring (bicyclic) bond motifs is 8. The molecule has 7 N–H and O–H groups in total. The first-order chi connectivity index (χ1) is 26.2. The predicted molar refractivity (Wildman–Crippen MR) is 202 cm³/mol. The van der Waals surface area contributed by atoms with E-state index in [0.29, 0.717) is 0 Å². The third-order valence-corrected chi connectivity index (χ3v) is 13.7. The Morgan fingerprint density at radius 3 is 0.912 bits per heavy atom. The third kappa shape index (κ3) is 8.78. The number of hydrogen-bond donors (Lipinski definition) is 7. The lowest BCUT2D eigenvalue weighted by Gasteiger charge is -2.22. The van der Waals surface area contributed by atoms with Crippen molar-refractivity contribution in [3.63, 3.8) is 0 Å². The van der Waals surface area contributed by atoms with Crippen LogP contribution in [0, 0.1) is 0 Å². The van der Waals surface area contributed by atoms with Crippen LogP contribution in [-0.4, -0.2) is 77.3 Å². The van der Waals surface area contributed by atoms with Crippen molar-refractivity contribution in [2.45, 2.75) is 50.2 Å². The Bertz CT molecular complexity index is 2930. The number of rotatable bonds is 7. The fourth-order valence-electron chi connectivity index (χ4n) is 6.31. The average Bonchev–Trinajstić information content (AvgIpc) is 3.08. The Balaban J connectivity index is 1.77. The highest BCUT2D eigenvalue weighted by Crippen LogP contribution is 2.41. The minimum atomic E-state index is -5.14. The smallest absolute Gasteiger partial charge is 0.294 e. The van der Waals surface area contributed by atoms with E-state index in [2.05, 4.69) is 5.87 Å². The highest BCUT2D eigenvalue weighted by Gasteiger charge is 2.28. The minimum absolute atomic E-state index is 0.0186. The van der Waals surface area contributed by atoms with Gasteiger partial charge < -0.3 is 19.5 Å². The van der Waals surface area contributed by atoms with Gasteiger partial charge in [0, 0.05) is 70.2 Å². The second-order valence-electron chi connectivity index (χ2n) is 13.0. The van der Waals surface area contributed by atoms with Crippen molar-refractivity contribution in [1.29, 1.82) is 0 Å². The van der Waals surface area contributed by atoms with E-state index < -0.39 is 141 Å². The van der Waals surface area contributed by atoms with Crippen molar-refractivity contribution < 1.29 is 75.6 Å². The van der Waals surface area contributed by atoms with Gasteiger partial charge in [-0.1, -0.05) is 18.2 Å². The van der Waals surface area contributed by atoms with E-state index in [-0.39, 0.29) is 27.1 Å². The molecule has 1 atom stereocenters. The van der Waals surface area contributed by atoms with E-state index in [1.807, 2.05) is 0 Å². The van der Waals surface area contributed by atoms with Crippen LogP contribution in [0.2, 0.25) is 0 Å². The Morgan fingerprint density at radius 1 is 0.404 bits per heavy atom. The van der Waals surface area contributed by atoms with Gasteiger partial charge in [-0.2, -0.15) is 33.7 Å². The normalized spacial score (nSPS) is 14.7. The van der Waals surface area contributed by atoms with Crippen molar-refractivity contribution >= 4 is 56.1 Å². The summed E-state index contributed by atoms with van der Waals surface area (Å²) in [7, 11) is -24.3. The van der Waals surface area contributed by atoms with Gasteiger partial charge in [-0.25, -0.2) is 4.21 Å². The van der Waals surface area contributed by atoms with E-state index in [1.54, 1.807) is 6.07 Å². The van der Waals surface area contributed by atoms with Gasteiger partial charge in [0.25, 0.3) is 40.5 Å². The summed E-state index contributed by atoms with van der Waals surface area (Å²) >= 11 is 0. The molecular weight excluding hydrogens is 853 g/mol. The molecule has 8 bridgehead atoms. The first-order valence-electron chi connectivity index (χ1n) is 15.9. The molecule has 0 amide bonds. The lowest BCUT2D eigenvalue weighted by molar-refractivity contribution is 0.452. The molecule has 17 nitrogen and oxygen atoms in total. The zero-order chi connectivity index (χ0) is 42.0. The largest absolute Gasteiger partial charge is 0.507 e. The van der Waals surface area contributed by atoms with Crippen molar-refractivity contribution in [2.75, 3.05) is 0 Å². The molecule has 0 saturated heterocycles. The van der Waals surface area contributed by atoms with E-state index in [9.17, 15) is 71.4 Å². The van der Waals surface area contributed by atoms with E-state index in [4.69, 9.17) is 4.18 Å². The molecule has 5 aromatic carbocycles. The van der Waals surface area contributed by atoms with Crippen LogP contribution in [0.3, 0.4) is 0 Å². The van der Waals surface area contributed by atoms with Gasteiger partial charge in [-0.15, -0.1) is 0 Å². The number of hydrogen-bond acceptors (Lipinski definition) is 13. The highest BCUT2D eigenvalue weighted by atomic mass is 32.2. The molecule has 1 aliphatic carbocycles. The van der Waals surface area contributed by atoms with Crippen molar-refractivity contribution in [3.8, 4) is 23.0 Å². The number of phenolic OH excluding ortho intramolecular Hbond substituents is 3. The monoisotopic (exact) mass is 882 g/mol. The molecule has 1 aliphatic rings. The first-order valence-corrected chi connectivity index (χ1v) is 23.4. The SMILES string of the molecule is C=S(=O)(Oc1c2cc(S(=O)(=O)O)cc1Cc1cc(S(=O)(=O)O)cc(c1O)Cc1cc(S(=O)(=O)O)cc(c1O)Cc1cc(S(=O)(=O)O)cc(c1O)C2)c1ccccc1. The average molecular weight is 883 g/mol. The number of aromatic hydroxyl groups is 3. The molecule has 302 valence electrons. The maximum absolute atomic E-state index is 14.1. The van der Waals surface area contributed by atoms with Crippen LogP contribution in [0.4, 0.5) is 0 Å². The summed E-state index contributed by atoms with van der Waals surface area (Å²) < 4.78 is 161. The lowest BCUT2D eigenvalue weighted by atomic mass is 9.91. The quantitative estimate of drug-likeness (QED) is 0.0891. The second kappa shape index (κ2) is 14.4. The summed E-state index contributed by atoms with van der Waals surface area (Å²) in [6, 6.07) is 13.7. The molecule has 0 spiro atoms. The zero-order valence-electron chi connectivity index (χ0n) is 28.8. The standard InChI is InChI=1S/C35H30O17S5/c1-53(39,27-5-3-2-4-6-27)52-35-25-9-23-15-29(55(43,44)45)13-21(33(23)37)7-19-11-28(54(40,41)42)12-20(32(19)36)8-22-14-30(56(46,47)48)16-24(34(22)38)10-26(35)18-31(17-25)57(49,50)51/h2-6,11-18,36-38H,1,7-10H2,(H,40,41,42)(H,43,44,45)(H,46,47,48)(H,49,50,51). The number of benzene rings is 5. The van der Waals surface area contributed by atoms with Gasteiger partial charge in [-0.05, 0) is 66.5 Å². The molecule has 0 aliphatic heterocycles. The van der Waals surface area contributed by atoms with E-state index in [1.165, 1.54) is 24.3 Å². The van der Waals surface area contributed by atoms with Crippen LogP contribution in [0.15, 0.2) is 103 Å². The van der Waals surface area contributed by atoms with Crippen LogP contribution < -0.4 is 4.18 Å². The summed E-state index contributed by atoms with van der Waals surface area (Å²) in [6.45, 7) is 0. The summed E-state index contributed by atoms with van der Waals surface area (Å²) in [4.78, 5) is -3.33. The summed E-state index contributed by atoms with van der Waals surface area (Å²) in [5.74, 6) is 1.01. The molecule has 0 radical (unpaired) electrons. The molecule has 0 heterocycles. The van der Waals surface area contributed by atoms with Gasteiger partial charge in [0.05, 0.1) is 24.5 Å². The summed E-state index contributed by atoms with van der Waals surface area (Å²) in [6.07, 6.45) is -2.95. The van der Waals surface area contributed by atoms with Gasteiger partial charge in [0.2, 0.25) is 0 Å². The Morgan fingerprint density at radius 2 is 0.649 bits per heavy atom. The summed E-state index contributed by atoms with van der Waals surface area (Å²) in [5.41, 5.74) is -3.01. The Kier molecular flexibility index (Phi) is 10.5. The summed E-state index contributed by atoms with van der Waals surface area (Å²) in [5, 5.41) is 34.6. The first kappa shape index (κ1) is 41.6. The van der Waals surface area contributed by atoms with Crippen molar-refractivity contribution in [1.82, 2.24) is 0 Å². The van der Waals surface area contributed by atoms with Crippen LogP contribution in [0.1, 0.15) is 44.5 Å². The van der Waals surface area contributed by atoms with Gasteiger partial charge in [-0.3, -0.25) is 18.2 Å². The molecule has 0 aromatic heterocycles. The molecule has 57 heavy (non-hydrogen) atoms. The highest BCUT2D eigenvalue weighted by molar-refractivity contribution is 7.96.